The lowest BCUT2D eigenvalue weighted by atomic mass is 9.85. The molecule has 0 heterocycles. The van der Waals surface area contributed by atoms with Crippen LogP contribution in [0.3, 0.4) is 0 Å². The standard InChI is InChI=1S/C18H26F3NO2/c1-5-8-13-9-6-7-10-14(13)11-17(22,12-18(19,20)21)15(23)24-16(2,3)4/h6-7,9-10H,5,8,11-12,22H2,1-4H3/t17-/m0/s1. The molecule has 0 saturated heterocycles. The Morgan fingerprint density at radius 2 is 1.67 bits per heavy atom. The second kappa shape index (κ2) is 7.55. The Labute approximate surface area is 141 Å². The van der Waals surface area contributed by atoms with Crippen LogP contribution in [0.15, 0.2) is 24.3 Å². The molecule has 2 N–H and O–H groups in total. The smallest absolute Gasteiger partial charge is 0.391 e. The molecule has 1 aromatic rings. The zero-order chi connectivity index (χ0) is 18.6. The molecular formula is C18H26F3NO2. The van der Waals surface area contributed by atoms with E-state index in [-0.39, 0.29) is 6.42 Å². The van der Waals surface area contributed by atoms with Gasteiger partial charge in [-0.3, -0.25) is 4.79 Å². The quantitative estimate of drug-likeness (QED) is 0.787. The number of benzene rings is 1. The van der Waals surface area contributed by atoms with Gasteiger partial charge < -0.3 is 10.5 Å². The number of nitrogens with two attached hydrogens (primary N) is 1. The van der Waals surface area contributed by atoms with Crippen LogP contribution >= 0.6 is 0 Å². The van der Waals surface area contributed by atoms with Gasteiger partial charge in [0.2, 0.25) is 0 Å². The molecule has 0 aliphatic carbocycles. The predicted octanol–water partition coefficient (Wildman–Crippen LogP) is 4.17. The second-order valence-corrected chi connectivity index (χ2v) is 7.15. The van der Waals surface area contributed by atoms with Crippen LogP contribution in [0.5, 0.6) is 0 Å². The largest absolute Gasteiger partial charge is 0.459 e. The maximum atomic E-state index is 13.0. The molecule has 24 heavy (non-hydrogen) atoms. The average Bonchev–Trinajstić information content (AvgIpc) is 2.37. The monoisotopic (exact) mass is 345 g/mol. The van der Waals surface area contributed by atoms with E-state index in [1.165, 1.54) is 0 Å². The Morgan fingerprint density at radius 3 is 2.12 bits per heavy atom. The number of alkyl halides is 3. The number of halogens is 3. The second-order valence-electron chi connectivity index (χ2n) is 7.15. The molecule has 136 valence electrons. The van der Waals surface area contributed by atoms with E-state index in [1.807, 2.05) is 19.1 Å². The first kappa shape index (κ1) is 20.5. The van der Waals surface area contributed by atoms with E-state index >= 15 is 0 Å². The number of hydrogen-bond acceptors (Lipinski definition) is 3. The summed E-state index contributed by atoms with van der Waals surface area (Å²) in [6.45, 7) is 6.79. The number of aryl methyl sites for hydroxylation is 1. The van der Waals surface area contributed by atoms with Crippen LogP contribution in [0.2, 0.25) is 0 Å². The molecule has 0 fully saturated rings. The molecule has 0 saturated carbocycles. The zero-order valence-corrected chi connectivity index (χ0v) is 14.7. The summed E-state index contributed by atoms with van der Waals surface area (Å²) in [6, 6.07) is 7.12. The maximum Gasteiger partial charge on any atom is 0.391 e. The van der Waals surface area contributed by atoms with Crippen molar-refractivity contribution >= 4 is 5.97 Å². The molecule has 0 aliphatic rings. The summed E-state index contributed by atoms with van der Waals surface area (Å²) < 4.78 is 44.2. The van der Waals surface area contributed by atoms with Gasteiger partial charge in [-0.15, -0.1) is 0 Å². The van der Waals surface area contributed by atoms with E-state index in [0.29, 0.717) is 12.0 Å². The minimum absolute atomic E-state index is 0.211. The normalized spacial score (nSPS) is 15.0. The van der Waals surface area contributed by atoms with Gasteiger partial charge in [-0.2, -0.15) is 13.2 Å². The third kappa shape index (κ3) is 6.51. The Hall–Kier alpha value is -1.56. The molecule has 1 aromatic carbocycles. The SMILES string of the molecule is CCCc1ccccc1C[C@](N)(CC(F)(F)F)C(=O)OC(C)(C)C. The highest BCUT2D eigenvalue weighted by Crippen LogP contribution is 2.31. The number of hydrogen-bond donors (Lipinski definition) is 1. The van der Waals surface area contributed by atoms with E-state index in [1.54, 1.807) is 32.9 Å². The highest BCUT2D eigenvalue weighted by molar-refractivity contribution is 5.81. The highest BCUT2D eigenvalue weighted by atomic mass is 19.4. The van der Waals surface area contributed by atoms with Crippen molar-refractivity contribution in [3.05, 3.63) is 35.4 Å². The summed E-state index contributed by atoms with van der Waals surface area (Å²) >= 11 is 0. The van der Waals surface area contributed by atoms with Crippen LogP contribution in [0.25, 0.3) is 0 Å². The first-order valence-corrected chi connectivity index (χ1v) is 8.02. The average molecular weight is 345 g/mol. The van der Waals surface area contributed by atoms with E-state index in [9.17, 15) is 18.0 Å². The van der Waals surface area contributed by atoms with Gasteiger partial charge in [0.25, 0.3) is 0 Å². The number of ether oxygens (including phenoxy) is 1. The van der Waals surface area contributed by atoms with Crippen molar-refractivity contribution in [2.24, 2.45) is 5.73 Å². The zero-order valence-electron chi connectivity index (χ0n) is 14.7. The summed E-state index contributed by atoms with van der Waals surface area (Å²) in [5.41, 5.74) is 4.44. The summed E-state index contributed by atoms with van der Waals surface area (Å²) in [4.78, 5) is 12.4. The van der Waals surface area contributed by atoms with Crippen molar-refractivity contribution in [3.63, 3.8) is 0 Å². The van der Waals surface area contributed by atoms with E-state index in [0.717, 1.165) is 12.0 Å². The van der Waals surface area contributed by atoms with Gasteiger partial charge in [0.1, 0.15) is 11.1 Å². The van der Waals surface area contributed by atoms with Gasteiger partial charge >= 0.3 is 12.1 Å². The summed E-state index contributed by atoms with van der Waals surface area (Å²) in [7, 11) is 0. The van der Waals surface area contributed by atoms with Crippen LogP contribution in [0, 0.1) is 0 Å². The first-order chi connectivity index (χ1) is 10.9. The van der Waals surface area contributed by atoms with Crippen LogP contribution in [0.1, 0.15) is 51.7 Å². The molecule has 0 aromatic heterocycles. The summed E-state index contributed by atoms with van der Waals surface area (Å²) in [5.74, 6) is -1.03. The molecule has 1 rings (SSSR count). The number of esters is 1. The lowest BCUT2D eigenvalue weighted by molar-refractivity contribution is -0.179. The first-order valence-electron chi connectivity index (χ1n) is 8.02. The summed E-state index contributed by atoms with van der Waals surface area (Å²) in [5, 5.41) is 0. The fourth-order valence-electron chi connectivity index (χ4n) is 2.53. The number of carbonyl (C=O) groups excluding carboxylic acids is 1. The molecule has 0 aliphatic heterocycles. The van der Waals surface area contributed by atoms with Crippen molar-refractivity contribution < 1.29 is 22.7 Å². The van der Waals surface area contributed by atoms with Gasteiger partial charge in [-0.05, 0) is 38.3 Å². The van der Waals surface area contributed by atoms with Gasteiger partial charge in [-0.25, -0.2) is 0 Å². The van der Waals surface area contributed by atoms with E-state index < -0.39 is 29.7 Å². The van der Waals surface area contributed by atoms with Crippen LogP contribution in [-0.2, 0) is 22.4 Å². The molecule has 0 radical (unpaired) electrons. The lowest BCUT2D eigenvalue weighted by Crippen LogP contribution is -2.55. The molecule has 0 amide bonds. The topological polar surface area (TPSA) is 52.3 Å². The van der Waals surface area contributed by atoms with Crippen molar-refractivity contribution in [3.8, 4) is 0 Å². The summed E-state index contributed by atoms with van der Waals surface area (Å²) in [6.07, 6.45) is -4.63. The number of carbonyl (C=O) groups is 1. The molecule has 0 spiro atoms. The lowest BCUT2D eigenvalue weighted by Gasteiger charge is -2.32. The van der Waals surface area contributed by atoms with Gasteiger partial charge in [-0.1, -0.05) is 37.6 Å². The van der Waals surface area contributed by atoms with Crippen molar-refractivity contribution in [1.82, 2.24) is 0 Å². The Balaban J connectivity index is 3.17. The predicted molar refractivity (Wildman–Crippen MR) is 87.6 cm³/mol. The molecule has 1 atom stereocenters. The van der Waals surface area contributed by atoms with Crippen molar-refractivity contribution in [1.29, 1.82) is 0 Å². The maximum absolute atomic E-state index is 13.0. The molecule has 6 heteroatoms. The Bertz CT molecular complexity index is 564. The van der Waals surface area contributed by atoms with Gasteiger partial charge in [0.05, 0.1) is 6.42 Å². The Morgan fingerprint density at radius 1 is 1.12 bits per heavy atom. The van der Waals surface area contributed by atoms with Crippen LogP contribution < -0.4 is 5.73 Å². The highest BCUT2D eigenvalue weighted by Gasteiger charge is 2.47. The molecule has 0 unspecified atom stereocenters. The fraction of sp³-hybridized carbons (Fsp3) is 0.611. The third-order valence-corrected chi connectivity index (χ3v) is 3.46. The Kier molecular flexibility index (Phi) is 6.45. The third-order valence-electron chi connectivity index (χ3n) is 3.46. The van der Waals surface area contributed by atoms with E-state index in [2.05, 4.69) is 0 Å². The number of rotatable bonds is 6. The van der Waals surface area contributed by atoms with Crippen LogP contribution in [-0.4, -0.2) is 23.3 Å². The van der Waals surface area contributed by atoms with Gasteiger partial charge in [0, 0.05) is 6.42 Å². The molecule has 3 nitrogen and oxygen atoms in total. The minimum atomic E-state index is -4.56. The molecule has 0 bridgehead atoms. The fourth-order valence-corrected chi connectivity index (χ4v) is 2.53. The molecular weight excluding hydrogens is 319 g/mol. The van der Waals surface area contributed by atoms with Crippen molar-refractivity contribution in [2.75, 3.05) is 0 Å². The van der Waals surface area contributed by atoms with Gasteiger partial charge in [0.15, 0.2) is 0 Å². The van der Waals surface area contributed by atoms with Crippen LogP contribution in [0.4, 0.5) is 13.2 Å². The minimum Gasteiger partial charge on any atom is -0.459 e. The van der Waals surface area contributed by atoms with E-state index in [4.69, 9.17) is 10.5 Å². The van der Waals surface area contributed by atoms with Crippen molar-refractivity contribution in [2.45, 2.75) is 70.7 Å².